The minimum absolute atomic E-state index is 0.892. The van der Waals surface area contributed by atoms with Crippen molar-refractivity contribution in [2.24, 2.45) is 0 Å². The summed E-state index contributed by atoms with van der Waals surface area (Å²) in [6.45, 7) is 23.6. The zero-order chi connectivity index (χ0) is 22.3. The highest BCUT2D eigenvalue weighted by atomic mass is 15.1. The van der Waals surface area contributed by atoms with Crippen LogP contribution in [0, 0.1) is 27.7 Å². The lowest BCUT2D eigenvalue weighted by molar-refractivity contribution is 0.864. The van der Waals surface area contributed by atoms with E-state index in [0.717, 1.165) is 39.3 Å². The number of hydrogen-bond acceptors (Lipinski definition) is 4. The maximum atomic E-state index is 3.65. The van der Waals surface area contributed by atoms with Gasteiger partial charge >= 0.3 is 0 Å². The minimum atomic E-state index is 0.892. The molecule has 0 atom stereocenters. The van der Waals surface area contributed by atoms with Gasteiger partial charge in [0.15, 0.2) is 0 Å². The summed E-state index contributed by atoms with van der Waals surface area (Å²) in [5, 5.41) is 7.30. The first-order chi connectivity index (χ1) is 14.4. The second-order valence-corrected chi connectivity index (χ2v) is 8.11. The van der Waals surface area contributed by atoms with E-state index in [1.54, 1.807) is 0 Å². The fourth-order valence-corrected chi connectivity index (χ4v) is 4.36. The molecule has 2 N–H and O–H groups in total. The molecule has 2 rings (SSSR count). The van der Waals surface area contributed by atoms with E-state index in [-0.39, 0.29) is 0 Å². The van der Waals surface area contributed by atoms with Crippen LogP contribution < -0.4 is 20.4 Å². The summed E-state index contributed by atoms with van der Waals surface area (Å²) in [5.74, 6) is 0. The lowest BCUT2D eigenvalue weighted by Crippen LogP contribution is -2.23. The summed E-state index contributed by atoms with van der Waals surface area (Å²) < 4.78 is 0. The van der Waals surface area contributed by atoms with Crippen molar-refractivity contribution in [1.82, 2.24) is 0 Å². The molecule has 166 valence electrons. The maximum Gasteiger partial charge on any atom is 0.0401 e. The number of benzene rings is 2. The lowest BCUT2D eigenvalue weighted by atomic mass is 10.1. The molecule has 0 fully saturated rings. The van der Waals surface area contributed by atoms with Crippen molar-refractivity contribution < 1.29 is 0 Å². The molecule has 4 nitrogen and oxygen atoms in total. The molecule has 4 heteroatoms. The van der Waals surface area contributed by atoms with E-state index in [0.29, 0.717) is 0 Å². The van der Waals surface area contributed by atoms with Crippen LogP contribution in [0.5, 0.6) is 0 Å². The molecular formula is C26H42N4. The summed E-state index contributed by atoms with van der Waals surface area (Å²) in [7, 11) is 0. The fourth-order valence-electron chi connectivity index (χ4n) is 4.36. The largest absolute Gasteiger partial charge is 0.383 e. The van der Waals surface area contributed by atoms with Crippen LogP contribution >= 0.6 is 0 Å². The molecule has 0 heterocycles. The van der Waals surface area contributed by atoms with E-state index in [2.05, 4.69) is 100 Å². The van der Waals surface area contributed by atoms with Crippen molar-refractivity contribution in [2.75, 3.05) is 59.7 Å². The van der Waals surface area contributed by atoms with E-state index in [4.69, 9.17) is 0 Å². The van der Waals surface area contributed by atoms with Crippen LogP contribution in [-0.2, 0) is 0 Å². The zero-order valence-electron chi connectivity index (χ0n) is 20.4. The number of nitrogens with one attached hydrogen (secondary N) is 2. The Morgan fingerprint density at radius 3 is 1.03 bits per heavy atom. The third-order valence-electron chi connectivity index (χ3n) is 6.02. The van der Waals surface area contributed by atoms with E-state index in [9.17, 15) is 0 Å². The van der Waals surface area contributed by atoms with Crippen molar-refractivity contribution in [3.05, 3.63) is 46.5 Å². The third kappa shape index (κ3) is 5.62. The Hall–Kier alpha value is -2.36. The molecule has 0 saturated carbocycles. The van der Waals surface area contributed by atoms with Gasteiger partial charge in [-0.15, -0.1) is 0 Å². The number of rotatable bonds is 11. The van der Waals surface area contributed by atoms with Crippen LogP contribution in [0.2, 0.25) is 0 Å². The normalized spacial score (nSPS) is 10.8. The fraction of sp³-hybridized carbons (Fsp3) is 0.538. The molecule has 0 aromatic heterocycles. The third-order valence-corrected chi connectivity index (χ3v) is 6.02. The van der Waals surface area contributed by atoms with Gasteiger partial charge in [-0.1, -0.05) is 0 Å². The van der Waals surface area contributed by atoms with Gasteiger partial charge in [0.2, 0.25) is 0 Å². The number of anilines is 4. The van der Waals surface area contributed by atoms with Crippen LogP contribution in [-0.4, -0.2) is 39.3 Å². The van der Waals surface area contributed by atoms with Crippen molar-refractivity contribution in [1.29, 1.82) is 0 Å². The molecule has 0 aliphatic rings. The molecular weight excluding hydrogens is 368 g/mol. The Kier molecular flexibility index (Phi) is 8.88. The van der Waals surface area contributed by atoms with Gasteiger partial charge in [0.05, 0.1) is 0 Å². The number of aryl methyl sites for hydroxylation is 4. The first-order valence-corrected chi connectivity index (χ1v) is 11.6. The maximum absolute atomic E-state index is 3.65. The van der Waals surface area contributed by atoms with Gasteiger partial charge in [-0.3, -0.25) is 0 Å². The predicted octanol–water partition coefficient (Wildman–Crippen LogP) is 6.14. The van der Waals surface area contributed by atoms with Crippen LogP contribution in [0.25, 0.3) is 0 Å². The summed E-state index contributed by atoms with van der Waals surface area (Å²) in [6.07, 6.45) is 0. The van der Waals surface area contributed by atoms with Crippen molar-refractivity contribution in [3.63, 3.8) is 0 Å². The molecule has 2 aromatic rings. The minimum Gasteiger partial charge on any atom is -0.383 e. The van der Waals surface area contributed by atoms with Gasteiger partial charge in [0, 0.05) is 62.0 Å². The highest BCUT2D eigenvalue weighted by Gasteiger charge is 2.10. The van der Waals surface area contributed by atoms with E-state index >= 15 is 0 Å². The van der Waals surface area contributed by atoms with Crippen LogP contribution in [0.4, 0.5) is 22.7 Å². The number of nitrogens with zero attached hydrogens (tertiary/aromatic N) is 2. The second kappa shape index (κ2) is 11.1. The standard InChI is InChI=1S/C26H42N4/c1-9-29(10-2)23-15-19(5)25(20(6)16-23)27-13-14-28-26-21(7)17-24(18-22(26)8)30(11-3)12-4/h15-18,27-28H,9-14H2,1-8H3. The van der Waals surface area contributed by atoms with E-state index in [1.807, 2.05) is 0 Å². The van der Waals surface area contributed by atoms with Gasteiger partial charge in [-0.05, 0) is 102 Å². The first-order valence-electron chi connectivity index (χ1n) is 11.6. The molecule has 0 amide bonds. The summed E-state index contributed by atoms with van der Waals surface area (Å²) >= 11 is 0. The molecule has 0 bridgehead atoms. The number of hydrogen-bond donors (Lipinski definition) is 2. The molecule has 0 unspecified atom stereocenters. The van der Waals surface area contributed by atoms with Gasteiger partial charge < -0.3 is 20.4 Å². The molecule has 0 spiro atoms. The molecule has 0 aliphatic heterocycles. The first kappa shape index (κ1) is 23.9. The highest BCUT2D eigenvalue weighted by molar-refractivity contribution is 5.66. The van der Waals surface area contributed by atoms with Gasteiger partial charge in [-0.2, -0.15) is 0 Å². The Labute approximate surface area is 184 Å². The summed E-state index contributed by atoms with van der Waals surface area (Å²) in [5.41, 5.74) is 10.4. The average molecular weight is 411 g/mol. The highest BCUT2D eigenvalue weighted by Crippen LogP contribution is 2.28. The van der Waals surface area contributed by atoms with Gasteiger partial charge in [0.25, 0.3) is 0 Å². The van der Waals surface area contributed by atoms with Gasteiger partial charge in [0.1, 0.15) is 0 Å². The lowest BCUT2D eigenvalue weighted by Gasteiger charge is -2.24. The molecule has 0 radical (unpaired) electrons. The smallest absolute Gasteiger partial charge is 0.0401 e. The monoisotopic (exact) mass is 410 g/mol. The predicted molar refractivity (Wildman–Crippen MR) is 136 cm³/mol. The Bertz CT molecular complexity index is 704. The Morgan fingerprint density at radius 2 is 0.800 bits per heavy atom. The van der Waals surface area contributed by atoms with Gasteiger partial charge in [-0.25, -0.2) is 0 Å². The molecule has 30 heavy (non-hydrogen) atoms. The zero-order valence-corrected chi connectivity index (χ0v) is 20.4. The summed E-state index contributed by atoms with van der Waals surface area (Å²) in [4.78, 5) is 4.80. The molecule has 0 aliphatic carbocycles. The molecule has 0 saturated heterocycles. The second-order valence-electron chi connectivity index (χ2n) is 8.11. The van der Waals surface area contributed by atoms with Crippen molar-refractivity contribution in [2.45, 2.75) is 55.4 Å². The van der Waals surface area contributed by atoms with Crippen LogP contribution in [0.15, 0.2) is 24.3 Å². The average Bonchev–Trinajstić information content (AvgIpc) is 2.70. The SMILES string of the molecule is CCN(CC)c1cc(C)c(NCCNc2c(C)cc(N(CC)CC)cc2C)c(C)c1. The van der Waals surface area contributed by atoms with Crippen molar-refractivity contribution in [3.8, 4) is 0 Å². The van der Waals surface area contributed by atoms with E-state index in [1.165, 1.54) is 45.0 Å². The Balaban J connectivity index is 2.02. The quantitative estimate of drug-likeness (QED) is 0.436. The topological polar surface area (TPSA) is 30.5 Å². The van der Waals surface area contributed by atoms with Crippen molar-refractivity contribution >= 4 is 22.7 Å². The molecule has 2 aromatic carbocycles. The van der Waals surface area contributed by atoms with Crippen LogP contribution in [0.3, 0.4) is 0 Å². The summed E-state index contributed by atoms with van der Waals surface area (Å²) in [6, 6.07) is 9.21. The van der Waals surface area contributed by atoms with E-state index < -0.39 is 0 Å². The Morgan fingerprint density at radius 1 is 0.533 bits per heavy atom. The van der Waals surface area contributed by atoms with Crippen LogP contribution in [0.1, 0.15) is 49.9 Å².